The van der Waals surface area contributed by atoms with E-state index in [1.165, 1.54) is 0 Å². The minimum atomic E-state index is -0.318. The highest BCUT2D eigenvalue weighted by molar-refractivity contribution is 6.00. The summed E-state index contributed by atoms with van der Waals surface area (Å²) >= 11 is 0. The van der Waals surface area contributed by atoms with Crippen molar-refractivity contribution in [3.63, 3.8) is 0 Å². The van der Waals surface area contributed by atoms with Crippen molar-refractivity contribution >= 4 is 17.5 Å². The van der Waals surface area contributed by atoms with E-state index in [1.54, 1.807) is 4.90 Å². The van der Waals surface area contributed by atoms with Crippen LogP contribution in [0.5, 0.6) is 0 Å². The molecule has 22 heavy (non-hydrogen) atoms. The third-order valence-corrected chi connectivity index (χ3v) is 4.16. The number of hydrogen-bond donors (Lipinski definition) is 2. The van der Waals surface area contributed by atoms with Gasteiger partial charge in [-0.05, 0) is 31.9 Å². The lowest BCUT2D eigenvalue weighted by atomic mass is 10.1. The zero-order chi connectivity index (χ0) is 16.1. The Kier molecular flexibility index (Phi) is 5.55. The minimum Gasteiger partial charge on any atom is -0.396 e. The molecule has 5 heteroatoms. The first-order valence-electron chi connectivity index (χ1n) is 7.83. The first-order valence-corrected chi connectivity index (χ1v) is 7.83. The van der Waals surface area contributed by atoms with E-state index in [0.717, 1.165) is 17.7 Å². The molecule has 2 atom stereocenters. The zero-order valence-corrected chi connectivity index (χ0v) is 13.2. The maximum Gasteiger partial charge on any atom is 0.227 e. The first-order chi connectivity index (χ1) is 10.5. The average Bonchev–Trinajstić information content (AvgIpc) is 2.89. The summed E-state index contributed by atoms with van der Waals surface area (Å²) in [6.45, 7) is 4.44. The van der Waals surface area contributed by atoms with E-state index in [4.69, 9.17) is 5.11 Å². The molecule has 1 fully saturated rings. The molecule has 1 aliphatic rings. The van der Waals surface area contributed by atoms with Gasteiger partial charge in [-0.2, -0.15) is 0 Å². The molecule has 0 saturated carbocycles. The number of aliphatic hydroxyl groups is 1. The highest BCUT2D eigenvalue weighted by Gasteiger charge is 2.35. The number of benzene rings is 1. The van der Waals surface area contributed by atoms with Gasteiger partial charge in [0.25, 0.3) is 0 Å². The Hall–Kier alpha value is -1.88. The number of nitrogens with one attached hydrogen (secondary N) is 1. The molecule has 120 valence electrons. The van der Waals surface area contributed by atoms with Crippen LogP contribution in [0.25, 0.3) is 0 Å². The Balaban J connectivity index is 1.99. The highest BCUT2D eigenvalue weighted by atomic mass is 16.3. The average molecular weight is 304 g/mol. The Morgan fingerprint density at radius 3 is 2.68 bits per heavy atom. The largest absolute Gasteiger partial charge is 0.396 e. The van der Waals surface area contributed by atoms with Crippen LogP contribution in [0.3, 0.4) is 0 Å². The van der Waals surface area contributed by atoms with Crippen LogP contribution < -0.4 is 10.2 Å². The standard InChI is InChI=1S/C17H24N2O3/c1-3-14(8-9-20)18-17(22)13-10-16(21)19(11-13)15-6-4-12(2)5-7-15/h4-7,13-14,20H,3,8-11H2,1-2H3,(H,18,22). The normalized spacial score (nSPS) is 19.3. The fourth-order valence-electron chi connectivity index (χ4n) is 2.71. The summed E-state index contributed by atoms with van der Waals surface area (Å²) in [6.07, 6.45) is 1.56. The number of carbonyl (C=O) groups is 2. The molecule has 2 unspecified atom stereocenters. The van der Waals surface area contributed by atoms with Gasteiger partial charge in [-0.3, -0.25) is 9.59 Å². The van der Waals surface area contributed by atoms with Gasteiger partial charge < -0.3 is 15.3 Å². The summed E-state index contributed by atoms with van der Waals surface area (Å²) in [4.78, 5) is 26.1. The zero-order valence-electron chi connectivity index (χ0n) is 13.2. The molecule has 0 radical (unpaired) electrons. The number of rotatable bonds is 6. The van der Waals surface area contributed by atoms with Gasteiger partial charge in [-0.15, -0.1) is 0 Å². The highest BCUT2D eigenvalue weighted by Crippen LogP contribution is 2.25. The van der Waals surface area contributed by atoms with E-state index in [9.17, 15) is 9.59 Å². The monoisotopic (exact) mass is 304 g/mol. The van der Waals surface area contributed by atoms with Gasteiger partial charge in [0.05, 0.1) is 5.92 Å². The van der Waals surface area contributed by atoms with Crippen LogP contribution in [0.1, 0.15) is 31.7 Å². The van der Waals surface area contributed by atoms with E-state index >= 15 is 0 Å². The van der Waals surface area contributed by atoms with E-state index in [2.05, 4.69) is 5.32 Å². The van der Waals surface area contributed by atoms with Gasteiger partial charge in [0.15, 0.2) is 0 Å². The molecule has 2 amide bonds. The molecule has 2 rings (SSSR count). The van der Waals surface area contributed by atoms with E-state index < -0.39 is 0 Å². The second kappa shape index (κ2) is 7.40. The molecule has 5 nitrogen and oxygen atoms in total. The SMILES string of the molecule is CCC(CCO)NC(=O)C1CC(=O)N(c2ccc(C)cc2)C1. The maximum atomic E-state index is 12.3. The Morgan fingerprint density at radius 2 is 2.09 bits per heavy atom. The van der Waals surface area contributed by atoms with Crippen molar-refractivity contribution in [2.75, 3.05) is 18.1 Å². The second-order valence-electron chi connectivity index (χ2n) is 5.87. The molecule has 0 bridgehead atoms. The van der Waals surface area contributed by atoms with Gasteiger partial charge in [0, 0.05) is 31.3 Å². The summed E-state index contributed by atoms with van der Waals surface area (Å²) in [5.41, 5.74) is 1.98. The lowest BCUT2D eigenvalue weighted by Gasteiger charge is -2.19. The van der Waals surface area contributed by atoms with Crippen LogP contribution >= 0.6 is 0 Å². The maximum absolute atomic E-state index is 12.3. The number of hydrogen-bond acceptors (Lipinski definition) is 3. The second-order valence-corrected chi connectivity index (χ2v) is 5.87. The van der Waals surface area contributed by atoms with Crippen molar-refractivity contribution in [3.8, 4) is 0 Å². The van der Waals surface area contributed by atoms with Crippen LogP contribution in [0.2, 0.25) is 0 Å². The quantitative estimate of drug-likeness (QED) is 0.839. The molecule has 0 aliphatic carbocycles. The molecular formula is C17H24N2O3. The van der Waals surface area contributed by atoms with E-state index in [1.807, 2.05) is 38.1 Å². The molecule has 1 aliphatic heterocycles. The number of amides is 2. The van der Waals surface area contributed by atoms with Crippen molar-refractivity contribution in [2.24, 2.45) is 5.92 Å². The van der Waals surface area contributed by atoms with Crippen LogP contribution in [-0.2, 0) is 9.59 Å². The molecule has 0 aromatic heterocycles. The Bertz CT molecular complexity index is 527. The molecule has 1 saturated heterocycles. The number of aliphatic hydroxyl groups excluding tert-OH is 1. The first kappa shape index (κ1) is 16.5. The number of aryl methyl sites for hydroxylation is 1. The fraction of sp³-hybridized carbons (Fsp3) is 0.529. The van der Waals surface area contributed by atoms with Crippen molar-refractivity contribution in [2.45, 2.75) is 39.2 Å². The lowest BCUT2D eigenvalue weighted by molar-refractivity contribution is -0.127. The van der Waals surface area contributed by atoms with Gasteiger partial charge >= 0.3 is 0 Å². The van der Waals surface area contributed by atoms with Gasteiger partial charge in [0.1, 0.15) is 0 Å². The van der Waals surface area contributed by atoms with Crippen molar-refractivity contribution in [1.29, 1.82) is 0 Å². The van der Waals surface area contributed by atoms with Crippen molar-refractivity contribution in [1.82, 2.24) is 5.32 Å². The summed E-state index contributed by atoms with van der Waals surface area (Å²) in [6, 6.07) is 7.72. The Labute approximate surface area is 131 Å². The third kappa shape index (κ3) is 3.85. The Morgan fingerprint density at radius 1 is 1.41 bits per heavy atom. The van der Waals surface area contributed by atoms with E-state index in [-0.39, 0.29) is 36.8 Å². The van der Waals surface area contributed by atoms with Crippen LogP contribution in [-0.4, -0.2) is 36.1 Å². The van der Waals surface area contributed by atoms with Crippen LogP contribution in [0, 0.1) is 12.8 Å². The lowest BCUT2D eigenvalue weighted by Crippen LogP contribution is -2.40. The molecule has 1 heterocycles. The van der Waals surface area contributed by atoms with Crippen molar-refractivity contribution in [3.05, 3.63) is 29.8 Å². The van der Waals surface area contributed by atoms with E-state index in [0.29, 0.717) is 13.0 Å². The summed E-state index contributed by atoms with van der Waals surface area (Å²) < 4.78 is 0. The predicted molar refractivity (Wildman–Crippen MR) is 85.6 cm³/mol. The minimum absolute atomic E-state index is 0.0146. The van der Waals surface area contributed by atoms with Gasteiger partial charge in [-0.25, -0.2) is 0 Å². The summed E-state index contributed by atoms with van der Waals surface area (Å²) in [5, 5.41) is 11.9. The van der Waals surface area contributed by atoms with Crippen LogP contribution in [0.15, 0.2) is 24.3 Å². The molecule has 2 N–H and O–H groups in total. The predicted octanol–water partition coefficient (Wildman–Crippen LogP) is 1.63. The molecule has 0 spiro atoms. The number of nitrogens with zero attached hydrogens (tertiary/aromatic N) is 1. The smallest absolute Gasteiger partial charge is 0.227 e. The van der Waals surface area contributed by atoms with Crippen LogP contribution in [0.4, 0.5) is 5.69 Å². The van der Waals surface area contributed by atoms with Gasteiger partial charge in [0.2, 0.25) is 11.8 Å². The number of carbonyl (C=O) groups excluding carboxylic acids is 2. The topological polar surface area (TPSA) is 69.6 Å². The van der Waals surface area contributed by atoms with Gasteiger partial charge in [-0.1, -0.05) is 24.6 Å². The third-order valence-electron chi connectivity index (χ3n) is 4.16. The molecule has 1 aromatic rings. The fourth-order valence-corrected chi connectivity index (χ4v) is 2.71. The molecule has 1 aromatic carbocycles. The molecular weight excluding hydrogens is 280 g/mol. The summed E-state index contributed by atoms with van der Waals surface area (Å²) in [7, 11) is 0. The van der Waals surface area contributed by atoms with Crippen molar-refractivity contribution < 1.29 is 14.7 Å². The summed E-state index contributed by atoms with van der Waals surface area (Å²) in [5.74, 6) is -0.427. The number of anilines is 1.